The van der Waals surface area contributed by atoms with Crippen LogP contribution in [0.2, 0.25) is 0 Å². The van der Waals surface area contributed by atoms with Gasteiger partial charge < -0.3 is 5.73 Å². The van der Waals surface area contributed by atoms with Gasteiger partial charge in [0.15, 0.2) is 9.84 Å². The Labute approximate surface area is 97.8 Å². The second-order valence-corrected chi connectivity index (χ2v) is 6.99. The highest BCUT2D eigenvalue weighted by Gasteiger charge is 2.21. The molecular weight excluding hydrogens is 313 g/mol. The van der Waals surface area contributed by atoms with Crippen molar-refractivity contribution in [1.29, 1.82) is 0 Å². The Kier molecular flexibility index (Phi) is 3.41. The largest absolute Gasteiger partial charge is 0.398 e. The van der Waals surface area contributed by atoms with Gasteiger partial charge in [-0.15, -0.1) is 0 Å². The highest BCUT2D eigenvalue weighted by Crippen LogP contribution is 2.24. The summed E-state index contributed by atoms with van der Waals surface area (Å²) in [7, 11) is -3.25. The zero-order chi connectivity index (χ0) is 10.9. The third kappa shape index (κ3) is 2.20. The van der Waals surface area contributed by atoms with Gasteiger partial charge in [-0.25, -0.2) is 8.42 Å². The van der Waals surface area contributed by atoms with Crippen LogP contribution in [0.1, 0.15) is 13.8 Å². The SMILES string of the molecule is CC(C)S(=O)(=O)c1ccc(I)cc1N. The molecule has 0 unspecified atom stereocenters. The number of benzene rings is 1. The monoisotopic (exact) mass is 325 g/mol. The van der Waals surface area contributed by atoms with E-state index in [-0.39, 0.29) is 4.90 Å². The van der Waals surface area contributed by atoms with Crippen LogP contribution in [0.5, 0.6) is 0 Å². The van der Waals surface area contributed by atoms with Crippen LogP contribution in [-0.4, -0.2) is 13.7 Å². The normalized spacial score (nSPS) is 12.0. The topological polar surface area (TPSA) is 60.2 Å². The summed E-state index contributed by atoms with van der Waals surface area (Å²) in [5.74, 6) is 0. The third-order valence-electron chi connectivity index (χ3n) is 1.90. The average molecular weight is 325 g/mol. The molecule has 78 valence electrons. The molecule has 0 aliphatic carbocycles. The number of hydrogen-bond donors (Lipinski definition) is 1. The standard InChI is InChI=1S/C9H12INO2S/c1-6(2)14(12,13)9-4-3-7(10)5-8(9)11/h3-6H,11H2,1-2H3. The summed E-state index contributed by atoms with van der Waals surface area (Å²) in [6.07, 6.45) is 0. The molecule has 1 aromatic rings. The molecule has 0 radical (unpaired) electrons. The zero-order valence-corrected chi connectivity index (χ0v) is 11.0. The molecule has 0 fully saturated rings. The highest BCUT2D eigenvalue weighted by molar-refractivity contribution is 14.1. The molecule has 1 aromatic carbocycles. The molecule has 0 atom stereocenters. The lowest BCUT2D eigenvalue weighted by atomic mass is 10.3. The summed E-state index contributed by atoms with van der Waals surface area (Å²) in [5, 5.41) is -0.440. The number of nitrogen functional groups attached to an aromatic ring is 1. The first-order valence-electron chi connectivity index (χ1n) is 4.14. The Hall–Kier alpha value is -0.300. The molecule has 1 rings (SSSR count). The second-order valence-electron chi connectivity index (χ2n) is 3.28. The lowest BCUT2D eigenvalue weighted by Crippen LogP contribution is -2.15. The van der Waals surface area contributed by atoms with Crippen molar-refractivity contribution in [2.45, 2.75) is 24.0 Å². The quantitative estimate of drug-likeness (QED) is 0.669. The van der Waals surface area contributed by atoms with E-state index < -0.39 is 15.1 Å². The molecule has 0 bridgehead atoms. The Morgan fingerprint density at radius 2 is 1.93 bits per heavy atom. The van der Waals surface area contributed by atoms with E-state index in [2.05, 4.69) is 22.6 Å². The Bertz CT molecular complexity index is 440. The molecule has 2 N–H and O–H groups in total. The smallest absolute Gasteiger partial charge is 0.182 e. The molecule has 0 aliphatic rings. The van der Waals surface area contributed by atoms with Crippen LogP contribution in [0, 0.1) is 3.57 Å². The van der Waals surface area contributed by atoms with Gasteiger partial charge in [-0.3, -0.25) is 0 Å². The molecule has 0 amide bonds. The minimum absolute atomic E-state index is 0.230. The first-order chi connectivity index (χ1) is 6.35. The van der Waals surface area contributed by atoms with Crippen molar-refractivity contribution in [3.05, 3.63) is 21.8 Å². The van der Waals surface area contributed by atoms with Gasteiger partial charge in [0.25, 0.3) is 0 Å². The van der Waals surface area contributed by atoms with E-state index in [1.54, 1.807) is 32.0 Å². The van der Waals surface area contributed by atoms with Gasteiger partial charge in [0.2, 0.25) is 0 Å². The van der Waals surface area contributed by atoms with Crippen LogP contribution < -0.4 is 5.73 Å². The van der Waals surface area contributed by atoms with Crippen molar-refractivity contribution in [3.8, 4) is 0 Å². The van der Waals surface area contributed by atoms with Gasteiger partial charge in [-0.1, -0.05) is 0 Å². The maximum atomic E-state index is 11.8. The van der Waals surface area contributed by atoms with E-state index in [0.29, 0.717) is 5.69 Å². The van der Waals surface area contributed by atoms with Crippen LogP contribution in [0.15, 0.2) is 23.1 Å². The summed E-state index contributed by atoms with van der Waals surface area (Å²) in [4.78, 5) is 0.230. The van der Waals surface area contributed by atoms with E-state index in [1.165, 1.54) is 0 Å². The fraction of sp³-hybridized carbons (Fsp3) is 0.333. The predicted octanol–water partition coefficient (Wildman–Crippen LogP) is 2.06. The van der Waals surface area contributed by atoms with E-state index >= 15 is 0 Å². The predicted molar refractivity (Wildman–Crippen MR) is 65.9 cm³/mol. The summed E-state index contributed by atoms with van der Waals surface area (Å²) < 4.78 is 24.5. The molecular formula is C9H12INO2S. The molecule has 0 heterocycles. The lowest BCUT2D eigenvalue weighted by molar-refractivity contribution is 0.588. The van der Waals surface area contributed by atoms with Crippen molar-refractivity contribution in [1.82, 2.24) is 0 Å². The maximum Gasteiger partial charge on any atom is 0.182 e. The first-order valence-corrected chi connectivity index (χ1v) is 6.77. The maximum absolute atomic E-state index is 11.8. The molecule has 3 nitrogen and oxygen atoms in total. The molecule has 0 aliphatic heterocycles. The number of rotatable bonds is 2. The van der Waals surface area contributed by atoms with Crippen LogP contribution in [-0.2, 0) is 9.84 Å². The van der Waals surface area contributed by atoms with Gasteiger partial charge in [0, 0.05) is 3.57 Å². The highest BCUT2D eigenvalue weighted by atomic mass is 127. The van der Waals surface area contributed by atoms with Gasteiger partial charge in [-0.05, 0) is 54.6 Å². The van der Waals surface area contributed by atoms with Crippen LogP contribution >= 0.6 is 22.6 Å². The number of halogens is 1. The first kappa shape index (κ1) is 11.8. The lowest BCUT2D eigenvalue weighted by Gasteiger charge is -2.10. The molecule has 0 saturated carbocycles. The second kappa shape index (κ2) is 4.06. The number of nitrogens with two attached hydrogens (primary N) is 1. The molecule has 0 aromatic heterocycles. The average Bonchev–Trinajstić information content (AvgIpc) is 2.02. The van der Waals surface area contributed by atoms with Crippen molar-refractivity contribution in [2.75, 3.05) is 5.73 Å². The van der Waals surface area contributed by atoms with Gasteiger partial charge >= 0.3 is 0 Å². The van der Waals surface area contributed by atoms with Crippen molar-refractivity contribution in [3.63, 3.8) is 0 Å². The summed E-state index contributed by atoms with van der Waals surface area (Å²) in [5.41, 5.74) is 5.99. The fourth-order valence-electron chi connectivity index (χ4n) is 1.03. The number of anilines is 1. The van der Waals surface area contributed by atoms with Crippen molar-refractivity contribution < 1.29 is 8.42 Å². The Morgan fingerprint density at radius 3 is 2.36 bits per heavy atom. The minimum atomic E-state index is -3.25. The van der Waals surface area contributed by atoms with Crippen molar-refractivity contribution in [2.24, 2.45) is 0 Å². The number of hydrogen-bond acceptors (Lipinski definition) is 3. The van der Waals surface area contributed by atoms with E-state index in [9.17, 15) is 8.42 Å². The summed E-state index contributed by atoms with van der Waals surface area (Å²) >= 11 is 2.09. The van der Waals surface area contributed by atoms with Gasteiger partial charge in [-0.2, -0.15) is 0 Å². The van der Waals surface area contributed by atoms with E-state index in [4.69, 9.17) is 5.73 Å². The molecule has 0 spiro atoms. The Balaban J connectivity index is 3.35. The minimum Gasteiger partial charge on any atom is -0.398 e. The van der Waals surface area contributed by atoms with Crippen molar-refractivity contribution >= 4 is 38.1 Å². The Morgan fingerprint density at radius 1 is 1.36 bits per heavy atom. The summed E-state index contributed by atoms with van der Waals surface area (Å²) in [6.45, 7) is 3.29. The van der Waals surface area contributed by atoms with Gasteiger partial charge in [0.05, 0.1) is 15.8 Å². The van der Waals surface area contributed by atoms with E-state index in [1.807, 2.05) is 0 Å². The molecule has 0 saturated heterocycles. The fourth-order valence-corrected chi connectivity index (χ4v) is 2.70. The number of sulfone groups is 1. The summed E-state index contributed by atoms with van der Waals surface area (Å²) in [6, 6.07) is 4.97. The zero-order valence-electron chi connectivity index (χ0n) is 7.99. The van der Waals surface area contributed by atoms with Crippen LogP contribution in [0.4, 0.5) is 5.69 Å². The van der Waals surface area contributed by atoms with Crippen LogP contribution in [0.25, 0.3) is 0 Å². The third-order valence-corrected chi connectivity index (χ3v) is 4.80. The van der Waals surface area contributed by atoms with E-state index in [0.717, 1.165) is 3.57 Å². The molecule has 5 heteroatoms. The van der Waals surface area contributed by atoms with Gasteiger partial charge in [0.1, 0.15) is 0 Å². The van der Waals surface area contributed by atoms with Crippen LogP contribution in [0.3, 0.4) is 0 Å². The molecule has 14 heavy (non-hydrogen) atoms.